The van der Waals surface area contributed by atoms with E-state index in [1.807, 2.05) is 19.9 Å². The van der Waals surface area contributed by atoms with Crippen molar-refractivity contribution in [3.05, 3.63) is 35.1 Å². The Morgan fingerprint density at radius 1 is 1.46 bits per heavy atom. The molecule has 0 N–H and O–H groups in total. The highest BCUT2D eigenvalue weighted by Gasteiger charge is 2.28. The highest BCUT2D eigenvalue weighted by Crippen LogP contribution is 2.30. The van der Waals surface area contributed by atoms with Gasteiger partial charge in [0.15, 0.2) is 0 Å². The van der Waals surface area contributed by atoms with Gasteiger partial charge in [0.25, 0.3) is 0 Å². The van der Waals surface area contributed by atoms with E-state index in [1.165, 1.54) is 0 Å². The van der Waals surface area contributed by atoms with Gasteiger partial charge in [-0.1, -0.05) is 12.7 Å². The molecule has 0 aromatic carbocycles. The van der Waals surface area contributed by atoms with E-state index in [1.54, 1.807) is 0 Å². The van der Waals surface area contributed by atoms with E-state index in [-0.39, 0.29) is 5.78 Å². The quantitative estimate of drug-likeness (QED) is 0.516. The standard InChI is InChI=1S/C11H11NO/c1-6-4-5-9-7(2)8(3)12-10(9)11(6)13/h5H,1,4H2,2-3H3. The van der Waals surface area contributed by atoms with E-state index in [4.69, 9.17) is 0 Å². The van der Waals surface area contributed by atoms with Crippen molar-refractivity contribution in [2.24, 2.45) is 4.99 Å². The minimum atomic E-state index is 0.00806. The van der Waals surface area contributed by atoms with E-state index in [0.29, 0.717) is 17.7 Å². The van der Waals surface area contributed by atoms with E-state index >= 15 is 0 Å². The average molecular weight is 173 g/mol. The summed E-state index contributed by atoms with van der Waals surface area (Å²) in [5.74, 6) is 0.00806. The fraction of sp³-hybridized carbons (Fsp3) is 0.273. The van der Waals surface area contributed by atoms with E-state index in [2.05, 4.69) is 11.6 Å². The van der Waals surface area contributed by atoms with E-state index in [9.17, 15) is 4.79 Å². The Hall–Kier alpha value is -1.44. The SMILES string of the molecule is C=C1CC=C2C(=NC(C)=C2C)C1=O. The van der Waals surface area contributed by atoms with Crippen molar-refractivity contribution in [1.29, 1.82) is 0 Å². The molecule has 1 aliphatic carbocycles. The lowest BCUT2D eigenvalue weighted by Crippen LogP contribution is -2.20. The van der Waals surface area contributed by atoms with Gasteiger partial charge in [-0.15, -0.1) is 0 Å². The predicted molar refractivity (Wildman–Crippen MR) is 52.7 cm³/mol. The van der Waals surface area contributed by atoms with Gasteiger partial charge < -0.3 is 0 Å². The Morgan fingerprint density at radius 2 is 2.15 bits per heavy atom. The van der Waals surface area contributed by atoms with Crippen LogP contribution in [-0.4, -0.2) is 11.5 Å². The van der Waals surface area contributed by atoms with Crippen molar-refractivity contribution in [3.63, 3.8) is 0 Å². The first-order valence-electron chi connectivity index (χ1n) is 4.31. The number of carbonyl (C=O) groups excluding carboxylic acids is 1. The molecule has 0 unspecified atom stereocenters. The topological polar surface area (TPSA) is 29.4 Å². The predicted octanol–water partition coefficient (Wildman–Crippen LogP) is 2.19. The number of hydrogen-bond acceptors (Lipinski definition) is 2. The zero-order valence-electron chi connectivity index (χ0n) is 7.85. The van der Waals surface area contributed by atoms with Crippen LogP contribution in [-0.2, 0) is 4.79 Å². The van der Waals surface area contributed by atoms with Crippen LogP contribution in [0.3, 0.4) is 0 Å². The molecule has 0 aromatic heterocycles. The van der Waals surface area contributed by atoms with Gasteiger partial charge in [0.2, 0.25) is 5.78 Å². The highest BCUT2D eigenvalue weighted by molar-refractivity contribution is 6.53. The van der Waals surface area contributed by atoms with E-state index < -0.39 is 0 Å². The molecule has 2 aliphatic rings. The second-order valence-corrected chi connectivity index (χ2v) is 3.43. The lowest BCUT2D eigenvalue weighted by molar-refractivity contribution is -0.109. The molecular formula is C11H11NO. The minimum Gasteiger partial charge on any atom is -0.287 e. The average Bonchev–Trinajstić information content (AvgIpc) is 2.38. The third-order valence-electron chi connectivity index (χ3n) is 2.57. The Kier molecular flexibility index (Phi) is 1.59. The first-order valence-corrected chi connectivity index (χ1v) is 4.31. The Labute approximate surface area is 77.4 Å². The summed E-state index contributed by atoms with van der Waals surface area (Å²) >= 11 is 0. The molecular weight excluding hydrogens is 162 g/mol. The van der Waals surface area contributed by atoms with Gasteiger partial charge in [-0.2, -0.15) is 0 Å². The van der Waals surface area contributed by atoms with Crippen LogP contribution in [0.4, 0.5) is 0 Å². The number of ketones is 1. The molecule has 0 atom stereocenters. The summed E-state index contributed by atoms with van der Waals surface area (Å²) in [6.45, 7) is 7.64. The summed E-state index contributed by atoms with van der Waals surface area (Å²) in [6, 6.07) is 0. The highest BCUT2D eigenvalue weighted by atomic mass is 16.1. The third-order valence-corrected chi connectivity index (χ3v) is 2.57. The normalized spacial score (nSPS) is 21.7. The number of nitrogens with zero attached hydrogens (tertiary/aromatic N) is 1. The van der Waals surface area contributed by atoms with Crippen LogP contribution in [0.1, 0.15) is 20.3 Å². The maximum atomic E-state index is 11.6. The van der Waals surface area contributed by atoms with Crippen LogP contribution in [0.25, 0.3) is 0 Å². The zero-order valence-corrected chi connectivity index (χ0v) is 7.85. The number of aliphatic imine (C=N–C) groups is 1. The maximum absolute atomic E-state index is 11.6. The van der Waals surface area contributed by atoms with Crippen LogP contribution >= 0.6 is 0 Å². The summed E-state index contributed by atoms with van der Waals surface area (Å²) in [6.07, 6.45) is 2.70. The molecule has 2 rings (SSSR count). The fourth-order valence-electron chi connectivity index (χ4n) is 1.59. The van der Waals surface area contributed by atoms with Gasteiger partial charge in [-0.25, -0.2) is 4.99 Å². The van der Waals surface area contributed by atoms with Gasteiger partial charge in [0, 0.05) is 11.3 Å². The van der Waals surface area contributed by atoms with Gasteiger partial charge in [-0.3, -0.25) is 4.79 Å². The van der Waals surface area contributed by atoms with Crippen molar-refractivity contribution >= 4 is 11.5 Å². The van der Waals surface area contributed by atoms with Gasteiger partial charge in [-0.05, 0) is 31.4 Å². The molecule has 1 heterocycles. The summed E-state index contributed by atoms with van der Waals surface area (Å²) in [4.78, 5) is 15.8. The first-order chi connectivity index (χ1) is 6.11. The third kappa shape index (κ3) is 1.02. The van der Waals surface area contributed by atoms with Crippen LogP contribution < -0.4 is 0 Å². The van der Waals surface area contributed by atoms with Gasteiger partial charge in [0.1, 0.15) is 5.71 Å². The molecule has 0 saturated heterocycles. The van der Waals surface area contributed by atoms with Gasteiger partial charge >= 0.3 is 0 Å². The van der Waals surface area contributed by atoms with E-state index in [0.717, 1.165) is 16.8 Å². The second-order valence-electron chi connectivity index (χ2n) is 3.43. The Balaban J connectivity index is 2.55. The molecule has 1 aliphatic heterocycles. The molecule has 0 saturated carbocycles. The van der Waals surface area contributed by atoms with Crippen LogP contribution in [0, 0.1) is 0 Å². The number of rotatable bonds is 0. The molecule has 0 spiro atoms. The lowest BCUT2D eigenvalue weighted by Gasteiger charge is -2.11. The molecule has 2 heteroatoms. The summed E-state index contributed by atoms with van der Waals surface area (Å²) in [7, 11) is 0. The summed E-state index contributed by atoms with van der Waals surface area (Å²) in [5.41, 5.74) is 4.31. The van der Waals surface area contributed by atoms with Crippen LogP contribution in [0.2, 0.25) is 0 Å². The van der Waals surface area contributed by atoms with Crippen molar-refractivity contribution in [3.8, 4) is 0 Å². The molecule has 0 aromatic rings. The zero-order chi connectivity index (χ0) is 9.59. The fourth-order valence-corrected chi connectivity index (χ4v) is 1.59. The molecule has 13 heavy (non-hydrogen) atoms. The molecule has 0 fully saturated rings. The number of carbonyl (C=O) groups is 1. The van der Waals surface area contributed by atoms with Crippen molar-refractivity contribution in [2.45, 2.75) is 20.3 Å². The molecule has 2 nitrogen and oxygen atoms in total. The second kappa shape index (κ2) is 2.52. The number of Topliss-reactive ketones (excluding diaryl/α,β-unsaturated/α-hetero) is 1. The summed E-state index contributed by atoms with van der Waals surface area (Å²) < 4.78 is 0. The number of hydrogen-bond donors (Lipinski definition) is 0. The number of fused-ring (bicyclic) bond motifs is 1. The van der Waals surface area contributed by atoms with Crippen LogP contribution in [0.5, 0.6) is 0 Å². The summed E-state index contributed by atoms with van der Waals surface area (Å²) in [5, 5.41) is 0. The largest absolute Gasteiger partial charge is 0.287 e. The first kappa shape index (κ1) is 8.17. The molecule has 66 valence electrons. The Bertz CT molecular complexity index is 408. The number of allylic oxidation sites excluding steroid dienone is 5. The molecule has 0 amide bonds. The van der Waals surface area contributed by atoms with Crippen LogP contribution in [0.15, 0.2) is 40.1 Å². The van der Waals surface area contributed by atoms with Gasteiger partial charge in [0.05, 0.1) is 0 Å². The molecule has 0 bridgehead atoms. The van der Waals surface area contributed by atoms with Crippen molar-refractivity contribution in [2.75, 3.05) is 0 Å². The Morgan fingerprint density at radius 3 is 2.85 bits per heavy atom. The minimum absolute atomic E-state index is 0.00806. The smallest absolute Gasteiger partial charge is 0.207 e. The molecule has 0 radical (unpaired) electrons. The van der Waals surface area contributed by atoms with Crippen molar-refractivity contribution in [1.82, 2.24) is 0 Å². The maximum Gasteiger partial charge on any atom is 0.207 e. The monoisotopic (exact) mass is 173 g/mol. The lowest BCUT2D eigenvalue weighted by atomic mass is 9.90. The van der Waals surface area contributed by atoms with Crippen molar-refractivity contribution < 1.29 is 4.79 Å².